The quantitative estimate of drug-likeness (QED) is 0.720. The van der Waals surface area contributed by atoms with Crippen molar-refractivity contribution in [2.24, 2.45) is 0 Å². The molecular formula is C22H16N2O3. The first-order valence-electron chi connectivity index (χ1n) is 8.50. The third-order valence-corrected chi connectivity index (χ3v) is 4.46. The van der Waals surface area contributed by atoms with Crippen LogP contribution in [-0.4, -0.2) is 17.7 Å². The number of hydrogen-bond acceptors (Lipinski definition) is 3. The lowest BCUT2D eigenvalue weighted by Crippen LogP contribution is -2.29. The van der Waals surface area contributed by atoms with E-state index in [1.165, 1.54) is 0 Å². The molecule has 0 bridgehead atoms. The first kappa shape index (κ1) is 16.7. The summed E-state index contributed by atoms with van der Waals surface area (Å²) in [4.78, 5) is 38.5. The average molecular weight is 356 g/mol. The van der Waals surface area contributed by atoms with E-state index in [9.17, 15) is 14.4 Å². The molecule has 1 N–H and O–H groups in total. The molecule has 0 atom stereocenters. The molecule has 0 unspecified atom stereocenters. The third-order valence-electron chi connectivity index (χ3n) is 4.46. The minimum Gasteiger partial charge on any atom is -0.322 e. The van der Waals surface area contributed by atoms with Crippen LogP contribution in [0.25, 0.3) is 0 Å². The van der Waals surface area contributed by atoms with Gasteiger partial charge in [-0.15, -0.1) is 0 Å². The lowest BCUT2D eigenvalue weighted by Gasteiger charge is -2.14. The molecule has 4 rings (SSSR count). The highest BCUT2D eigenvalue weighted by atomic mass is 16.2. The van der Waals surface area contributed by atoms with Crippen LogP contribution in [-0.2, 0) is 0 Å². The van der Waals surface area contributed by atoms with Crippen LogP contribution in [0.15, 0.2) is 72.8 Å². The van der Waals surface area contributed by atoms with E-state index < -0.39 is 0 Å². The Morgan fingerprint density at radius 2 is 1.44 bits per heavy atom. The molecule has 27 heavy (non-hydrogen) atoms. The summed E-state index contributed by atoms with van der Waals surface area (Å²) in [6.45, 7) is 1.92. The molecule has 0 aliphatic carbocycles. The van der Waals surface area contributed by atoms with Crippen LogP contribution in [0.2, 0.25) is 0 Å². The maximum absolute atomic E-state index is 12.5. The second-order valence-electron chi connectivity index (χ2n) is 6.36. The van der Waals surface area contributed by atoms with Crippen LogP contribution in [0.1, 0.15) is 36.6 Å². The van der Waals surface area contributed by atoms with Gasteiger partial charge in [0.2, 0.25) is 0 Å². The predicted molar refractivity (Wildman–Crippen MR) is 103 cm³/mol. The summed E-state index contributed by atoms with van der Waals surface area (Å²) >= 11 is 0. The summed E-state index contributed by atoms with van der Waals surface area (Å²) < 4.78 is 0. The number of amides is 3. The number of carbonyl (C=O) groups excluding carboxylic acids is 3. The molecule has 0 fully saturated rings. The number of benzene rings is 3. The van der Waals surface area contributed by atoms with Gasteiger partial charge in [0.1, 0.15) is 0 Å². The van der Waals surface area contributed by atoms with Crippen molar-refractivity contribution in [1.82, 2.24) is 0 Å². The van der Waals surface area contributed by atoms with Crippen LogP contribution in [0.4, 0.5) is 11.4 Å². The molecule has 1 heterocycles. The van der Waals surface area contributed by atoms with E-state index in [1.54, 1.807) is 54.6 Å². The molecule has 0 spiro atoms. The van der Waals surface area contributed by atoms with Gasteiger partial charge in [-0.2, -0.15) is 0 Å². The number of anilines is 2. The fourth-order valence-corrected chi connectivity index (χ4v) is 3.11. The molecule has 3 aromatic carbocycles. The second kappa shape index (κ2) is 6.53. The lowest BCUT2D eigenvalue weighted by atomic mass is 10.1. The van der Waals surface area contributed by atoms with Crippen LogP contribution in [0, 0.1) is 6.92 Å². The zero-order chi connectivity index (χ0) is 19.0. The lowest BCUT2D eigenvalue weighted by molar-refractivity contribution is 0.0924. The summed E-state index contributed by atoms with van der Waals surface area (Å²) in [7, 11) is 0. The number of rotatable bonds is 3. The molecular weight excluding hydrogens is 340 g/mol. The van der Waals surface area contributed by atoms with Crippen LogP contribution in [0.5, 0.6) is 0 Å². The number of fused-ring (bicyclic) bond motifs is 1. The summed E-state index contributed by atoms with van der Waals surface area (Å²) in [6.07, 6.45) is 0. The Balaban J connectivity index is 1.54. The number of nitrogens with one attached hydrogen (secondary N) is 1. The first-order valence-corrected chi connectivity index (χ1v) is 8.50. The Morgan fingerprint density at radius 1 is 0.815 bits per heavy atom. The SMILES string of the molecule is Cc1cccc(C(=O)Nc2ccc(N3C(=O)c4ccccc4C3=O)cc2)c1. The Morgan fingerprint density at radius 3 is 2.04 bits per heavy atom. The van der Waals surface area contributed by atoms with E-state index in [0.29, 0.717) is 28.1 Å². The number of imide groups is 1. The Hall–Kier alpha value is -3.73. The molecule has 0 saturated carbocycles. The van der Waals surface area contributed by atoms with Crippen molar-refractivity contribution in [3.05, 3.63) is 95.1 Å². The van der Waals surface area contributed by atoms with Gasteiger partial charge in [-0.25, -0.2) is 4.90 Å². The van der Waals surface area contributed by atoms with Gasteiger partial charge in [-0.1, -0.05) is 29.8 Å². The van der Waals surface area contributed by atoms with Crippen molar-refractivity contribution in [3.8, 4) is 0 Å². The zero-order valence-corrected chi connectivity index (χ0v) is 14.6. The number of aryl methyl sites for hydroxylation is 1. The molecule has 1 aliphatic rings. The van der Waals surface area contributed by atoms with Gasteiger partial charge in [-0.3, -0.25) is 14.4 Å². The van der Waals surface area contributed by atoms with E-state index in [1.807, 2.05) is 25.1 Å². The zero-order valence-electron chi connectivity index (χ0n) is 14.6. The van der Waals surface area contributed by atoms with Crippen molar-refractivity contribution < 1.29 is 14.4 Å². The molecule has 0 radical (unpaired) electrons. The summed E-state index contributed by atoms with van der Waals surface area (Å²) in [5.74, 6) is -0.897. The van der Waals surface area contributed by atoms with E-state index in [-0.39, 0.29) is 17.7 Å². The highest BCUT2D eigenvalue weighted by Crippen LogP contribution is 2.29. The smallest absolute Gasteiger partial charge is 0.266 e. The third kappa shape index (κ3) is 3.00. The van der Waals surface area contributed by atoms with Gasteiger partial charge < -0.3 is 5.32 Å². The molecule has 3 amide bonds. The molecule has 0 saturated heterocycles. The van der Waals surface area contributed by atoms with Gasteiger partial charge in [0.15, 0.2) is 0 Å². The van der Waals surface area contributed by atoms with E-state index >= 15 is 0 Å². The Bertz CT molecular complexity index is 1040. The molecule has 132 valence electrons. The number of nitrogens with zero attached hydrogens (tertiary/aromatic N) is 1. The normalized spacial score (nSPS) is 12.9. The van der Waals surface area contributed by atoms with Crippen molar-refractivity contribution in [1.29, 1.82) is 0 Å². The fourth-order valence-electron chi connectivity index (χ4n) is 3.11. The van der Waals surface area contributed by atoms with Gasteiger partial charge in [-0.05, 0) is 55.5 Å². The topological polar surface area (TPSA) is 66.5 Å². The number of hydrogen-bond donors (Lipinski definition) is 1. The van der Waals surface area contributed by atoms with Gasteiger partial charge in [0, 0.05) is 11.3 Å². The molecule has 5 heteroatoms. The number of carbonyl (C=O) groups is 3. The summed E-state index contributed by atoms with van der Waals surface area (Å²) in [5.41, 5.74) is 3.43. The molecule has 1 aliphatic heterocycles. The van der Waals surface area contributed by atoms with Crippen LogP contribution in [0.3, 0.4) is 0 Å². The minimum absolute atomic E-state index is 0.216. The maximum Gasteiger partial charge on any atom is 0.266 e. The Kier molecular flexibility index (Phi) is 4.05. The van der Waals surface area contributed by atoms with E-state index in [2.05, 4.69) is 5.32 Å². The highest BCUT2D eigenvalue weighted by Gasteiger charge is 2.36. The predicted octanol–water partition coefficient (Wildman–Crippen LogP) is 4.05. The van der Waals surface area contributed by atoms with Crippen molar-refractivity contribution in [2.75, 3.05) is 10.2 Å². The second-order valence-corrected chi connectivity index (χ2v) is 6.36. The molecule has 3 aromatic rings. The average Bonchev–Trinajstić information content (AvgIpc) is 2.93. The van der Waals surface area contributed by atoms with E-state index in [0.717, 1.165) is 10.5 Å². The largest absolute Gasteiger partial charge is 0.322 e. The van der Waals surface area contributed by atoms with Crippen molar-refractivity contribution >= 4 is 29.1 Å². The van der Waals surface area contributed by atoms with Gasteiger partial charge >= 0.3 is 0 Å². The standard InChI is InChI=1S/C22H16N2O3/c1-14-5-4-6-15(13-14)20(25)23-16-9-11-17(12-10-16)24-21(26)18-7-2-3-8-19(18)22(24)27/h2-13H,1H3,(H,23,25). The minimum atomic E-state index is -0.341. The Labute approximate surface area is 156 Å². The molecule has 5 nitrogen and oxygen atoms in total. The highest BCUT2D eigenvalue weighted by molar-refractivity contribution is 6.34. The molecule has 0 aromatic heterocycles. The fraction of sp³-hybridized carbons (Fsp3) is 0.0455. The van der Waals surface area contributed by atoms with Gasteiger partial charge in [0.25, 0.3) is 17.7 Å². The van der Waals surface area contributed by atoms with Gasteiger partial charge in [0.05, 0.1) is 16.8 Å². The van der Waals surface area contributed by atoms with Crippen molar-refractivity contribution in [2.45, 2.75) is 6.92 Å². The van der Waals surface area contributed by atoms with Crippen LogP contribution < -0.4 is 10.2 Å². The van der Waals surface area contributed by atoms with E-state index in [4.69, 9.17) is 0 Å². The summed E-state index contributed by atoms with van der Waals surface area (Å²) in [6, 6.07) is 20.7. The first-order chi connectivity index (χ1) is 13.0. The summed E-state index contributed by atoms with van der Waals surface area (Å²) in [5, 5.41) is 2.82. The van der Waals surface area contributed by atoms with Crippen LogP contribution >= 0.6 is 0 Å². The monoisotopic (exact) mass is 356 g/mol. The maximum atomic E-state index is 12.5. The van der Waals surface area contributed by atoms with Crippen molar-refractivity contribution in [3.63, 3.8) is 0 Å².